The van der Waals surface area contributed by atoms with E-state index in [0.717, 1.165) is 0 Å². The maximum atomic E-state index is 0. The van der Waals surface area contributed by atoms with Gasteiger partial charge in [0.25, 0.3) is 0 Å². The van der Waals surface area contributed by atoms with Crippen molar-refractivity contribution < 1.29 is 48.4 Å². The van der Waals surface area contributed by atoms with Crippen LogP contribution in [-0.4, -0.2) is 5.48 Å². The smallest absolute Gasteiger partial charge is 2.00 e. The molecule has 0 spiro atoms. The first-order chi connectivity index (χ1) is 0. The van der Waals surface area contributed by atoms with Crippen LogP contribution in [0.5, 0.6) is 0 Å². The molecule has 8 heavy (non-hydrogen) atoms. The molecule has 0 aliphatic carbocycles. The fraction of sp³-hybridized carbons (Fsp3) is 0. The first kappa shape index (κ1) is 2770. The van der Waals surface area contributed by atoms with Crippen molar-refractivity contribution in [1.82, 2.24) is 12.3 Å². The van der Waals surface area contributed by atoms with Crippen molar-refractivity contribution in [2.75, 3.05) is 0 Å². The van der Waals surface area contributed by atoms with Crippen LogP contribution in [0.15, 0.2) is 0 Å². The van der Waals surface area contributed by atoms with E-state index in [2.05, 4.69) is 0 Å². The molecular formula is H10N2O5W. The minimum atomic E-state index is 0. The molecule has 0 bridgehead atoms. The average Bonchev–Trinajstić information content (AvgIpc) is 0. The summed E-state index contributed by atoms with van der Waals surface area (Å²) in [6.07, 6.45) is 0. The Hall–Kier alpha value is 0.408. The second-order valence-electron chi connectivity index (χ2n) is 0. The molecule has 0 atom stereocenters. The van der Waals surface area contributed by atoms with E-state index in [1.165, 1.54) is 0 Å². The summed E-state index contributed by atoms with van der Waals surface area (Å²) in [4.78, 5) is 0. The van der Waals surface area contributed by atoms with Gasteiger partial charge < -0.3 is 39.7 Å². The van der Waals surface area contributed by atoms with Crippen LogP contribution in [0.4, 0.5) is 0 Å². The molecule has 0 rings (SSSR count). The molecule has 0 saturated carbocycles. The van der Waals surface area contributed by atoms with E-state index in [-0.39, 0.29) is 60.7 Å². The quantitative estimate of drug-likeness (QED) is 0.575. The van der Waals surface area contributed by atoms with Crippen molar-refractivity contribution in [3.8, 4) is 0 Å². The molecule has 10 N–H and O–H groups in total. The van der Waals surface area contributed by atoms with Crippen molar-refractivity contribution in [2.24, 2.45) is 0 Å². The molecule has 0 aliphatic heterocycles. The minimum absolute atomic E-state index is 0. The van der Waals surface area contributed by atoms with Gasteiger partial charge in [-0.1, -0.05) is 0 Å². The third kappa shape index (κ3) is 1120. The molecule has 0 amide bonds. The van der Waals surface area contributed by atoms with E-state index in [1.807, 2.05) is 0 Å². The predicted molar refractivity (Wildman–Crippen MR) is 18.3 cm³/mol. The van der Waals surface area contributed by atoms with E-state index in [1.54, 1.807) is 0 Å². The molecule has 0 aromatic heterocycles. The molecule has 0 aliphatic rings. The monoisotopic (exact) mass is 302 g/mol. The Kier molecular flexibility index (Phi) is 631000. The fourth-order valence-corrected chi connectivity index (χ4v) is 0. The second-order valence-corrected chi connectivity index (χ2v) is 0. The maximum absolute atomic E-state index is 0. The van der Waals surface area contributed by atoms with E-state index < -0.39 is 0 Å². The first-order valence-electron chi connectivity index (χ1n) is 0. The molecule has 0 saturated heterocycles. The predicted octanol–water partition coefficient (Wildman–Crippen LogP) is -0.550. The van der Waals surface area contributed by atoms with Crippen molar-refractivity contribution in [3.05, 3.63) is 0 Å². The Morgan fingerprint density at radius 2 is 0.500 bits per heavy atom. The zero-order valence-electron chi connectivity index (χ0n) is 4.54. The maximum Gasteiger partial charge on any atom is 6.00 e. The van der Waals surface area contributed by atoms with Gasteiger partial charge in [0.05, 0.1) is 0 Å². The van der Waals surface area contributed by atoms with Crippen molar-refractivity contribution >= 4 is 0 Å². The standard InChI is InChI=1S/2H3N.H2O.4O.W/h2*1H3;1H2;;;;;/q;;;4*-2;+6/p+2. The van der Waals surface area contributed by atoms with Crippen LogP contribution in [0.1, 0.15) is 0 Å². The summed E-state index contributed by atoms with van der Waals surface area (Å²) in [6, 6.07) is 0. The minimum Gasteiger partial charge on any atom is -2.00 e. The molecular weight excluding hydrogens is 292 g/mol. The largest absolute Gasteiger partial charge is 6.00 e. The van der Waals surface area contributed by atoms with Gasteiger partial charge in [-0.15, -0.1) is 0 Å². The SMILES string of the molecule is O.[NH4+].[NH4+].[O-2].[O-2].[O-2].[O-2].[W+6]. The Balaban J connectivity index is 0. The average molecular weight is 302 g/mol. The van der Waals surface area contributed by atoms with Crippen LogP contribution in [0.2, 0.25) is 0 Å². The van der Waals surface area contributed by atoms with E-state index >= 15 is 0 Å². The van der Waals surface area contributed by atoms with Gasteiger partial charge in [-0.05, 0) is 0 Å². The van der Waals surface area contributed by atoms with Crippen molar-refractivity contribution in [3.63, 3.8) is 0 Å². The van der Waals surface area contributed by atoms with Crippen LogP contribution in [-0.2, 0) is 43.0 Å². The van der Waals surface area contributed by atoms with Crippen LogP contribution in [0.3, 0.4) is 0 Å². The molecule has 0 radical (unpaired) electrons. The normalized spacial score (nSPS) is 0. The summed E-state index contributed by atoms with van der Waals surface area (Å²) in [7, 11) is 0. The fourth-order valence-electron chi connectivity index (χ4n) is 0. The van der Waals surface area contributed by atoms with Gasteiger partial charge in [0, 0.05) is 0 Å². The Labute approximate surface area is 61.4 Å². The zero-order chi connectivity index (χ0) is 0. The van der Waals surface area contributed by atoms with Gasteiger partial charge in [0.1, 0.15) is 0 Å². The second kappa shape index (κ2) is 1820. The topological polar surface area (TPSA) is 218 Å². The van der Waals surface area contributed by atoms with E-state index in [9.17, 15) is 0 Å². The first-order valence-corrected chi connectivity index (χ1v) is 0. The van der Waals surface area contributed by atoms with Gasteiger partial charge in [-0.3, -0.25) is 0 Å². The van der Waals surface area contributed by atoms with Gasteiger partial charge in [-0.2, -0.15) is 0 Å². The van der Waals surface area contributed by atoms with Crippen LogP contribution >= 0.6 is 0 Å². The van der Waals surface area contributed by atoms with Gasteiger partial charge in [0.2, 0.25) is 0 Å². The number of hydrogen-bond donors (Lipinski definition) is 2. The molecule has 0 unspecified atom stereocenters. The van der Waals surface area contributed by atoms with Crippen LogP contribution in [0.25, 0.3) is 0 Å². The molecule has 0 aromatic rings. The summed E-state index contributed by atoms with van der Waals surface area (Å²) in [5, 5.41) is 0. The Morgan fingerprint density at radius 1 is 0.500 bits per heavy atom. The number of rotatable bonds is 0. The molecule has 8 heteroatoms. The van der Waals surface area contributed by atoms with E-state index in [0.29, 0.717) is 0 Å². The zero-order valence-corrected chi connectivity index (χ0v) is 7.47. The van der Waals surface area contributed by atoms with Gasteiger partial charge in [-0.25, -0.2) is 0 Å². The summed E-state index contributed by atoms with van der Waals surface area (Å²) in [5.41, 5.74) is 0. The Morgan fingerprint density at radius 3 is 0.500 bits per heavy atom. The van der Waals surface area contributed by atoms with Crippen molar-refractivity contribution in [2.45, 2.75) is 0 Å². The van der Waals surface area contributed by atoms with Crippen LogP contribution in [0, 0.1) is 0 Å². The third-order valence-corrected chi connectivity index (χ3v) is 0. The summed E-state index contributed by atoms with van der Waals surface area (Å²) in [6.45, 7) is 0. The van der Waals surface area contributed by atoms with Gasteiger partial charge in [0.15, 0.2) is 0 Å². The third-order valence-electron chi connectivity index (χ3n) is 0. The van der Waals surface area contributed by atoms with Gasteiger partial charge >= 0.3 is 21.1 Å². The summed E-state index contributed by atoms with van der Waals surface area (Å²) in [5.74, 6) is 0. The van der Waals surface area contributed by atoms with Crippen molar-refractivity contribution in [1.29, 1.82) is 0 Å². The molecule has 56 valence electrons. The summed E-state index contributed by atoms with van der Waals surface area (Å²) >= 11 is 0. The molecule has 0 aromatic carbocycles. The molecule has 0 fully saturated rings. The number of hydrogen-bond acceptors (Lipinski definition) is 0. The van der Waals surface area contributed by atoms with Crippen LogP contribution < -0.4 is 12.3 Å². The summed E-state index contributed by atoms with van der Waals surface area (Å²) < 4.78 is 0. The Bertz CT molecular complexity index is 10.4. The molecule has 0 heterocycles. The number of quaternary nitrogens is 2. The molecule has 7 nitrogen and oxygen atoms in total. The van der Waals surface area contributed by atoms with E-state index in [4.69, 9.17) is 0 Å².